The summed E-state index contributed by atoms with van der Waals surface area (Å²) in [6, 6.07) is 6.47. The van der Waals surface area contributed by atoms with Crippen molar-refractivity contribution in [1.29, 1.82) is 0 Å². The first kappa shape index (κ1) is 10.1. The molecule has 1 amide bonds. The topological polar surface area (TPSA) is 104 Å². The number of amides is 1. The second-order valence-corrected chi connectivity index (χ2v) is 3.07. The highest BCUT2D eigenvalue weighted by molar-refractivity contribution is 5.93. The smallest absolute Gasteiger partial charge is 0.232 e. The van der Waals surface area contributed by atoms with E-state index in [1.165, 1.54) is 6.07 Å². The number of phenolic OH excluding ortho intramolecular Hbond substituents is 1. The van der Waals surface area contributed by atoms with E-state index in [0.717, 1.165) is 0 Å². The van der Waals surface area contributed by atoms with E-state index in [2.05, 4.69) is 25.9 Å². The normalized spacial score (nSPS) is 10.0. The van der Waals surface area contributed by atoms with E-state index >= 15 is 0 Å². The van der Waals surface area contributed by atoms with Crippen molar-refractivity contribution in [2.45, 2.75) is 6.42 Å². The molecule has 2 rings (SSSR count). The Balaban J connectivity index is 2.00. The number of hydrogen-bond donors (Lipinski definition) is 3. The fraction of sp³-hybridized carbons (Fsp3) is 0.111. The Hall–Kier alpha value is -2.44. The van der Waals surface area contributed by atoms with Gasteiger partial charge in [0.15, 0.2) is 5.82 Å². The molecule has 7 nitrogen and oxygen atoms in total. The summed E-state index contributed by atoms with van der Waals surface area (Å²) in [5.41, 5.74) is 0.357. The Morgan fingerprint density at radius 3 is 2.94 bits per heavy atom. The first-order chi connectivity index (χ1) is 7.75. The molecule has 16 heavy (non-hydrogen) atoms. The summed E-state index contributed by atoms with van der Waals surface area (Å²) in [5.74, 6) is -0.000201. The van der Waals surface area contributed by atoms with Crippen LogP contribution in [0.5, 0.6) is 5.75 Å². The van der Waals surface area contributed by atoms with Gasteiger partial charge < -0.3 is 10.4 Å². The average Bonchev–Trinajstić information content (AvgIpc) is 2.74. The summed E-state index contributed by atoms with van der Waals surface area (Å²) in [5, 5.41) is 24.8. The van der Waals surface area contributed by atoms with Crippen molar-refractivity contribution < 1.29 is 9.90 Å². The van der Waals surface area contributed by atoms with Crippen molar-refractivity contribution in [2.75, 3.05) is 5.32 Å². The number of nitrogens with zero attached hydrogens (tertiary/aromatic N) is 3. The molecule has 2 aromatic rings. The number of anilines is 1. The first-order valence-corrected chi connectivity index (χ1v) is 4.56. The number of phenols is 1. The number of carbonyl (C=O) groups excluding carboxylic acids is 1. The summed E-state index contributed by atoms with van der Waals surface area (Å²) >= 11 is 0. The molecule has 0 atom stereocenters. The molecule has 1 heterocycles. The molecule has 0 saturated carbocycles. The van der Waals surface area contributed by atoms with Gasteiger partial charge in [0.2, 0.25) is 5.91 Å². The molecule has 0 aliphatic heterocycles. The number of carbonyl (C=O) groups is 1. The molecule has 0 spiro atoms. The molecule has 1 aromatic heterocycles. The van der Waals surface area contributed by atoms with Gasteiger partial charge >= 0.3 is 0 Å². The summed E-state index contributed by atoms with van der Waals surface area (Å²) in [7, 11) is 0. The number of benzene rings is 1. The number of aromatic hydroxyl groups is 1. The quantitative estimate of drug-likeness (QED) is 0.634. The van der Waals surface area contributed by atoms with Crippen molar-refractivity contribution in [3.8, 4) is 5.75 Å². The van der Waals surface area contributed by atoms with Crippen LogP contribution in [0.15, 0.2) is 24.3 Å². The van der Waals surface area contributed by atoms with E-state index in [1.807, 2.05) is 0 Å². The maximum absolute atomic E-state index is 11.5. The van der Waals surface area contributed by atoms with Gasteiger partial charge in [0.05, 0.1) is 12.1 Å². The Labute approximate surface area is 90.5 Å². The zero-order chi connectivity index (χ0) is 11.4. The number of aromatic nitrogens is 4. The molecule has 7 heteroatoms. The second-order valence-electron chi connectivity index (χ2n) is 3.07. The third-order valence-electron chi connectivity index (χ3n) is 1.89. The van der Waals surface area contributed by atoms with Crippen LogP contribution in [0.3, 0.4) is 0 Å². The van der Waals surface area contributed by atoms with Gasteiger partial charge in [-0.25, -0.2) is 0 Å². The molecular weight excluding hydrogens is 210 g/mol. The molecule has 0 radical (unpaired) electrons. The Kier molecular flexibility index (Phi) is 2.77. The van der Waals surface area contributed by atoms with Crippen LogP contribution in [0.2, 0.25) is 0 Å². The van der Waals surface area contributed by atoms with Gasteiger partial charge in [0.25, 0.3) is 0 Å². The van der Waals surface area contributed by atoms with Gasteiger partial charge in [-0.1, -0.05) is 17.3 Å². The molecule has 0 unspecified atom stereocenters. The van der Waals surface area contributed by atoms with Crippen LogP contribution in [0.4, 0.5) is 5.69 Å². The van der Waals surface area contributed by atoms with Crippen LogP contribution in [-0.4, -0.2) is 31.6 Å². The van der Waals surface area contributed by atoms with E-state index in [-0.39, 0.29) is 18.1 Å². The van der Waals surface area contributed by atoms with Crippen molar-refractivity contribution >= 4 is 11.6 Å². The van der Waals surface area contributed by atoms with E-state index < -0.39 is 0 Å². The van der Waals surface area contributed by atoms with Gasteiger partial charge in [0, 0.05) is 0 Å². The third-order valence-corrected chi connectivity index (χ3v) is 1.89. The monoisotopic (exact) mass is 219 g/mol. The predicted octanol–water partition coefficient (Wildman–Crippen LogP) is 0.0865. The van der Waals surface area contributed by atoms with Crippen LogP contribution >= 0.6 is 0 Å². The fourth-order valence-corrected chi connectivity index (χ4v) is 1.17. The highest BCUT2D eigenvalue weighted by Crippen LogP contribution is 2.21. The van der Waals surface area contributed by atoms with Crippen molar-refractivity contribution in [2.24, 2.45) is 0 Å². The molecule has 82 valence electrons. The molecule has 3 N–H and O–H groups in total. The van der Waals surface area contributed by atoms with Crippen LogP contribution in [0.25, 0.3) is 0 Å². The lowest BCUT2D eigenvalue weighted by atomic mass is 10.3. The lowest BCUT2D eigenvalue weighted by molar-refractivity contribution is -0.115. The minimum absolute atomic E-state index is 0.00480. The van der Waals surface area contributed by atoms with E-state index in [0.29, 0.717) is 11.5 Å². The summed E-state index contributed by atoms with van der Waals surface area (Å²) in [6.07, 6.45) is 0.00480. The molecular formula is C9H9N5O2. The van der Waals surface area contributed by atoms with E-state index in [4.69, 9.17) is 0 Å². The van der Waals surface area contributed by atoms with Crippen molar-refractivity contribution in [1.82, 2.24) is 20.6 Å². The lowest BCUT2D eigenvalue weighted by Gasteiger charge is -2.04. The van der Waals surface area contributed by atoms with Crippen molar-refractivity contribution in [3.63, 3.8) is 0 Å². The first-order valence-electron chi connectivity index (χ1n) is 4.56. The maximum Gasteiger partial charge on any atom is 0.232 e. The van der Waals surface area contributed by atoms with Gasteiger partial charge in [-0.3, -0.25) is 4.79 Å². The number of tetrazole rings is 1. The predicted molar refractivity (Wildman–Crippen MR) is 54.6 cm³/mol. The molecule has 0 fully saturated rings. The Morgan fingerprint density at radius 1 is 1.44 bits per heavy atom. The van der Waals surface area contributed by atoms with Gasteiger partial charge in [0.1, 0.15) is 5.75 Å². The van der Waals surface area contributed by atoms with Gasteiger partial charge in [-0.15, -0.1) is 10.2 Å². The summed E-state index contributed by atoms with van der Waals surface area (Å²) < 4.78 is 0. The number of H-pyrrole nitrogens is 1. The minimum atomic E-state index is -0.317. The minimum Gasteiger partial charge on any atom is -0.506 e. The second kappa shape index (κ2) is 4.39. The van der Waals surface area contributed by atoms with Gasteiger partial charge in [-0.2, -0.15) is 5.21 Å². The molecule has 0 saturated heterocycles. The average molecular weight is 219 g/mol. The van der Waals surface area contributed by atoms with Crippen LogP contribution < -0.4 is 5.32 Å². The summed E-state index contributed by atoms with van der Waals surface area (Å²) in [4.78, 5) is 11.5. The molecule has 1 aromatic carbocycles. The number of nitrogens with one attached hydrogen (secondary N) is 2. The summed E-state index contributed by atoms with van der Waals surface area (Å²) in [6.45, 7) is 0. The van der Waals surface area contributed by atoms with Crippen molar-refractivity contribution in [3.05, 3.63) is 30.1 Å². The number of rotatable bonds is 3. The zero-order valence-corrected chi connectivity index (χ0v) is 8.21. The molecule has 0 bridgehead atoms. The highest BCUT2D eigenvalue weighted by atomic mass is 16.3. The van der Waals surface area contributed by atoms with Crippen LogP contribution in [0.1, 0.15) is 5.82 Å². The molecule has 0 aliphatic rings. The number of aromatic amines is 1. The number of para-hydroxylation sites is 2. The Bertz CT molecular complexity index is 482. The van der Waals surface area contributed by atoms with Crippen LogP contribution in [-0.2, 0) is 11.2 Å². The largest absolute Gasteiger partial charge is 0.506 e. The fourth-order valence-electron chi connectivity index (χ4n) is 1.17. The maximum atomic E-state index is 11.5. The van der Waals surface area contributed by atoms with Gasteiger partial charge in [-0.05, 0) is 12.1 Å². The van der Waals surface area contributed by atoms with E-state index in [9.17, 15) is 9.90 Å². The number of hydrogen-bond acceptors (Lipinski definition) is 5. The molecule has 0 aliphatic carbocycles. The van der Waals surface area contributed by atoms with E-state index in [1.54, 1.807) is 18.2 Å². The third kappa shape index (κ3) is 2.32. The Morgan fingerprint density at radius 2 is 2.25 bits per heavy atom. The van der Waals surface area contributed by atoms with Crippen LogP contribution in [0, 0.1) is 0 Å². The SMILES string of the molecule is O=C(Cc1nn[nH]n1)Nc1ccccc1O. The zero-order valence-electron chi connectivity index (χ0n) is 8.21. The highest BCUT2D eigenvalue weighted by Gasteiger charge is 2.09. The standard InChI is InChI=1S/C9H9N5O2/c15-7-4-2-1-3-6(7)10-9(16)5-8-11-13-14-12-8/h1-4,15H,5H2,(H,10,16)(H,11,12,13,14). The lowest BCUT2D eigenvalue weighted by Crippen LogP contribution is -2.15.